The van der Waals surface area contributed by atoms with Crippen LogP contribution in [0.1, 0.15) is 24.0 Å². The van der Waals surface area contributed by atoms with E-state index >= 15 is 0 Å². The van der Waals surface area contributed by atoms with E-state index in [0.29, 0.717) is 30.3 Å². The Balaban J connectivity index is 1.48. The molecule has 0 bridgehead atoms. The molecule has 160 valence electrons. The zero-order valence-corrected chi connectivity index (χ0v) is 17.6. The van der Waals surface area contributed by atoms with Gasteiger partial charge in [-0.3, -0.25) is 4.79 Å². The molecule has 1 heterocycles. The highest BCUT2D eigenvalue weighted by molar-refractivity contribution is 5.98. The number of carbonyl (C=O) groups excluding carboxylic acids is 2. The van der Waals surface area contributed by atoms with Crippen molar-refractivity contribution in [2.45, 2.75) is 19.3 Å². The van der Waals surface area contributed by atoms with Crippen molar-refractivity contribution >= 4 is 18.0 Å². The first-order valence-electron chi connectivity index (χ1n) is 10.3. The molecule has 1 saturated heterocycles. The van der Waals surface area contributed by atoms with Gasteiger partial charge in [0.2, 0.25) is 0 Å². The van der Waals surface area contributed by atoms with Gasteiger partial charge >= 0.3 is 5.97 Å². The predicted molar refractivity (Wildman–Crippen MR) is 117 cm³/mol. The molecule has 0 unspecified atom stereocenters. The Labute approximate surface area is 182 Å². The monoisotopic (exact) mass is 418 g/mol. The maximum atomic E-state index is 12.5. The number of esters is 1. The number of methoxy groups -OCH3 is 1. The Morgan fingerprint density at radius 1 is 1.13 bits per heavy atom. The minimum Gasteiger partial charge on any atom is -0.497 e. The number of likely N-dealkylation sites (tertiary alicyclic amines) is 1. The van der Waals surface area contributed by atoms with Gasteiger partial charge in [-0.15, -0.1) is 0 Å². The fourth-order valence-electron chi connectivity index (χ4n) is 3.67. The molecule has 0 radical (unpaired) electrons. The van der Waals surface area contributed by atoms with Gasteiger partial charge in [0.15, 0.2) is 6.61 Å². The molecule has 2 aromatic rings. The zero-order chi connectivity index (χ0) is 22.1. The summed E-state index contributed by atoms with van der Waals surface area (Å²) in [6.07, 6.45) is 4.28. The number of benzene rings is 2. The van der Waals surface area contributed by atoms with Crippen molar-refractivity contribution < 1.29 is 19.1 Å². The Hall–Kier alpha value is -3.59. The molecular weight excluding hydrogens is 392 g/mol. The van der Waals surface area contributed by atoms with E-state index in [1.54, 1.807) is 36.3 Å². The van der Waals surface area contributed by atoms with E-state index in [1.807, 2.05) is 24.3 Å². The highest BCUT2D eigenvalue weighted by Crippen LogP contribution is 2.22. The maximum absolute atomic E-state index is 12.5. The smallest absolute Gasteiger partial charge is 0.349 e. The largest absolute Gasteiger partial charge is 0.497 e. The Bertz CT molecular complexity index is 971. The molecule has 31 heavy (non-hydrogen) atoms. The van der Waals surface area contributed by atoms with Crippen LogP contribution in [-0.2, 0) is 20.7 Å². The molecule has 1 fully saturated rings. The average molecular weight is 418 g/mol. The van der Waals surface area contributed by atoms with Gasteiger partial charge in [0.1, 0.15) is 17.4 Å². The lowest BCUT2D eigenvalue weighted by Crippen LogP contribution is -2.41. The van der Waals surface area contributed by atoms with E-state index in [-0.39, 0.29) is 18.1 Å². The van der Waals surface area contributed by atoms with Crippen LogP contribution in [0.15, 0.2) is 60.2 Å². The van der Waals surface area contributed by atoms with Crippen molar-refractivity contribution in [1.82, 2.24) is 4.90 Å². The second kappa shape index (κ2) is 11.0. The van der Waals surface area contributed by atoms with Crippen LogP contribution in [0.3, 0.4) is 0 Å². The molecule has 2 aromatic carbocycles. The van der Waals surface area contributed by atoms with E-state index in [4.69, 9.17) is 9.47 Å². The lowest BCUT2D eigenvalue weighted by Gasteiger charge is -2.32. The van der Waals surface area contributed by atoms with Crippen LogP contribution < -0.4 is 4.74 Å². The van der Waals surface area contributed by atoms with Crippen molar-refractivity contribution in [2.24, 2.45) is 5.92 Å². The SMILES string of the molecule is COc1cccc(/C=C(\C#N)C(=O)OCC(=O)N2CCC(Cc3ccccc3)CC2)c1. The third kappa shape index (κ3) is 6.45. The zero-order valence-electron chi connectivity index (χ0n) is 17.6. The van der Waals surface area contributed by atoms with Gasteiger partial charge in [-0.05, 0) is 54.5 Å². The number of ether oxygens (including phenoxy) is 2. The standard InChI is InChI=1S/C25H26N2O4/c1-30-23-9-5-8-21(16-23)15-22(17-26)25(29)31-18-24(28)27-12-10-20(11-13-27)14-19-6-3-2-4-7-19/h2-9,15-16,20H,10-14,18H2,1H3/b22-15+. The Morgan fingerprint density at radius 3 is 2.55 bits per heavy atom. The summed E-state index contributed by atoms with van der Waals surface area (Å²) in [6, 6.07) is 19.2. The first kappa shape index (κ1) is 22.1. The van der Waals surface area contributed by atoms with Crippen molar-refractivity contribution in [2.75, 3.05) is 26.8 Å². The first-order chi connectivity index (χ1) is 15.1. The lowest BCUT2D eigenvalue weighted by atomic mass is 9.90. The molecular formula is C25H26N2O4. The van der Waals surface area contributed by atoms with Crippen LogP contribution in [0, 0.1) is 17.2 Å². The normalized spacial score (nSPS) is 14.6. The summed E-state index contributed by atoms with van der Waals surface area (Å²) in [7, 11) is 1.54. The molecule has 1 aliphatic heterocycles. The van der Waals surface area contributed by atoms with E-state index in [2.05, 4.69) is 12.1 Å². The molecule has 0 aromatic heterocycles. The van der Waals surface area contributed by atoms with Crippen LogP contribution >= 0.6 is 0 Å². The molecule has 0 atom stereocenters. The van der Waals surface area contributed by atoms with Gasteiger partial charge in [-0.2, -0.15) is 5.26 Å². The molecule has 1 amide bonds. The van der Waals surface area contributed by atoms with Crippen LogP contribution in [-0.4, -0.2) is 43.6 Å². The van der Waals surface area contributed by atoms with Crippen molar-refractivity contribution in [3.05, 3.63) is 71.3 Å². The molecule has 6 heteroatoms. The highest BCUT2D eigenvalue weighted by atomic mass is 16.5. The number of rotatable bonds is 7. The third-order valence-corrected chi connectivity index (χ3v) is 5.41. The van der Waals surface area contributed by atoms with E-state index < -0.39 is 5.97 Å². The van der Waals surface area contributed by atoms with Crippen LogP contribution in [0.2, 0.25) is 0 Å². The van der Waals surface area contributed by atoms with Gasteiger partial charge in [0, 0.05) is 13.1 Å². The molecule has 3 rings (SSSR count). The summed E-state index contributed by atoms with van der Waals surface area (Å²) in [5.74, 6) is 0.123. The molecule has 0 N–H and O–H groups in total. The Kier molecular flexibility index (Phi) is 7.83. The summed E-state index contributed by atoms with van der Waals surface area (Å²) in [6.45, 7) is 0.941. The van der Waals surface area contributed by atoms with Crippen molar-refractivity contribution in [3.8, 4) is 11.8 Å². The highest BCUT2D eigenvalue weighted by Gasteiger charge is 2.24. The van der Waals surface area contributed by atoms with Gasteiger partial charge in [0.25, 0.3) is 5.91 Å². The van der Waals surface area contributed by atoms with Gasteiger partial charge in [-0.25, -0.2) is 4.79 Å². The summed E-state index contributed by atoms with van der Waals surface area (Å²) in [4.78, 5) is 26.4. The summed E-state index contributed by atoms with van der Waals surface area (Å²) < 4.78 is 10.2. The molecule has 6 nitrogen and oxygen atoms in total. The van der Waals surface area contributed by atoms with E-state index in [1.165, 1.54) is 11.6 Å². The van der Waals surface area contributed by atoms with Crippen LogP contribution in [0.25, 0.3) is 6.08 Å². The van der Waals surface area contributed by atoms with Crippen LogP contribution in [0.4, 0.5) is 0 Å². The van der Waals surface area contributed by atoms with E-state index in [9.17, 15) is 14.9 Å². The Morgan fingerprint density at radius 2 is 1.87 bits per heavy atom. The molecule has 0 aliphatic carbocycles. The van der Waals surface area contributed by atoms with Gasteiger partial charge < -0.3 is 14.4 Å². The second-order valence-corrected chi connectivity index (χ2v) is 7.54. The number of hydrogen-bond donors (Lipinski definition) is 0. The minimum absolute atomic E-state index is 0.164. The average Bonchev–Trinajstić information content (AvgIpc) is 2.82. The minimum atomic E-state index is -0.808. The third-order valence-electron chi connectivity index (χ3n) is 5.41. The quantitative estimate of drug-likeness (QED) is 0.390. The van der Waals surface area contributed by atoms with Crippen molar-refractivity contribution in [3.63, 3.8) is 0 Å². The number of carbonyl (C=O) groups is 2. The molecule has 1 aliphatic rings. The first-order valence-corrected chi connectivity index (χ1v) is 10.3. The summed E-state index contributed by atoms with van der Waals surface area (Å²) in [5, 5.41) is 9.30. The predicted octanol–water partition coefficient (Wildman–Crippen LogP) is 3.63. The lowest BCUT2D eigenvalue weighted by molar-refractivity contribution is -0.149. The summed E-state index contributed by atoms with van der Waals surface area (Å²) in [5.41, 5.74) is 1.79. The summed E-state index contributed by atoms with van der Waals surface area (Å²) >= 11 is 0. The number of nitriles is 1. The molecule has 0 saturated carbocycles. The van der Waals surface area contributed by atoms with Gasteiger partial charge in [0.05, 0.1) is 7.11 Å². The van der Waals surface area contributed by atoms with Crippen molar-refractivity contribution in [1.29, 1.82) is 5.26 Å². The van der Waals surface area contributed by atoms with Crippen LogP contribution in [0.5, 0.6) is 5.75 Å². The van der Waals surface area contributed by atoms with E-state index in [0.717, 1.165) is 19.3 Å². The number of nitrogens with zero attached hydrogens (tertiary/aromatic N) is 2. The van der Waals surface area contributed by atoms with Gasteiger partial charge in [-0.1, -0.05) is 42.5 Å². The molecule has 0 spiro atoms. The topological polar surface area (TPSA) is 79.6 Å². The second-order valence-electron chi connectivity index (χ2n) is 7.54. The fraction of sp³-hybridized carbons (Fsp3) is 0.320. The number of piperidine rings is 1. The number of hydrogen-bond acceptors (Lipinski definition) is 5. The number of amides is 1. The maximum Gasteiger partial charge on any atom is 0.349 e. The fourth-order valence-corrected chi connectivity index (χ4v) is 3.67.